The molecule has 1 saturated heterocycles. The van der Waals surface area contributed by atoms with E-state index in [1.807, 2.05) is 0 Å². The van der Waals surface area contributed by atoms with E-state index in [0.29, 0.717) is 18.0 Å². The van der Waals surface area contributed by atoms with Gasteiger partial charge >= 0.3 is 0 Å². The largest absolute Gasteiger partial charge is 0.381 e. The van der Waals surface area contributed by atoms with Crippen molar-refractivity contribution < 1.29 is 9.47 Å². The Morgan fingerprint density at radius 3 is 2.39 bits per heavy atom. The van der Waals surface area contributed by atoms with Gasteiger partial charge in [0.15, 0.2) is 5.96 Å². The van der Waals surface area contributed by atoms with Crippen molar-refractivity contribution in [1.82, 2.24) is 15.5 Å². The summed E-state index contributed by atoms with van der Waals surface area (Å²) < 4.78 is 11.2. The Morgan fingerprint density at radius 2 is 1.79 bits per heavy atom. The summed E-state index contributed by atoms with van der Waals surface area (Å²) in [5, 5.41) is 6.78. The lowest BCUT2D eigenvalue weighted by Gasteiger charge is -2.30. The third-order valence-corrected chi connectivity index (χ3v) is 4.97. The van der Waals surface area contributed by atoms with Gasteiger partial charge in [0.2, 0.25) is 0 Å². The molecule has 1 aliphatic heterocycles. The molecule has 0 aliphatic carbocycles. The number of guanidine groups is 1. The highest BCUT2D eigenvalue weighted by Gasteiger charge is 2.13. The van der Waals surface area contributed by atoms with Crippen molar-refractivity contribution in [2.24, 2.45) is 10.9 Å². The summed E-state index contributed by atoms with van der Waals surface area (Å²) in [6.07, 6.45) is 4.36. The molecule has 0 aromatic carbocycles. The number of halogens is 1. The topological polar surface area (TPSA) is 58.1 Å². The van der Waals surface area contributed by atoms with Gasteiger partial charge in [-0.15, -0.1) is 24.0 Å². The Labute approximate surface area is 190 Å². The van der Waals surface area contributed by atoms with Crippen molar-refractivity contribution in [3.05, 3.63) is 0 Å². The van der Waals surface area contributed by atoms with Gasteiger partial charge in [0.1, 0.15) is 0 Å². The first-order valence-corrected chi connectivity index (χ1v) is 11.0. The van der Waals surface area contributed by atoms with E-state index in [0.717, 1.165) is 84.2 Å². The van der Waals surface area contributed by atoms with E-state index in [4.69, 9.17) is 9.47 Å². The molecule has 0 amide bonds. The summed E-state index contributed by atoms with van der Waals surface area (Å²) in [5.41, 5.74) is 0. The van der Waals surface area contributed by atoms with Crippen LogP contribution < -0.4 is 10.6 Å². The highest BCUT2D eigenvalue weighted by atomic mass is 127. The highest BCUT2D eigenvalue weighted by molar-refractivity contribution is 14.0. The second-order valence-corrected chi connectivity index (χ2v) is 7.95. The SMILES string of the molecule is CCNC(=NCCCOCC1CCOCC1)NCCCN(C(C)C)C(C)C.I. The Balaban J connectivity index is 0.00000729. The van der Waals surface area contributed by atoms with Crippen LogP contribution in [0.25, 0.3) is 0 Å². The molecule has 1 aliphatic rings. The molecule has 7 heteroatoms. The highest BCUT2D eigenvalue weighted by Crippen LogP contribution is 2.14. The van der Waals surface area contributed by atoms with Crippen LogP contribution in [0.3, 0.4) is 0 Å². The summed E-state index contributed by atoms with van der Waals surface area (Å²) >= 11 is 0. The van der Waals surface area contributed by atoms with E-state index in [1.165, 1.54) is 0 Å². The fraction of sp³-hybridized carbons (Fsp3) is 0.952. The number of ether oxygens (including phenoxy) is 2. The first-order chi connectivity index (χ1) is 13.0. The maximum atomic E-state index is 5.81. The van der Waals surface area contributed by atoms with Crippen LogP contribution in [0.4, 0.5) is 0 Å². The van der Waals surface area contributed by atoms with E-state index in [2.05, 4.69) is 55.1 Å². The molecular weight excluding hydrogens is 467 g/mol. The van der Waals surface area contributed by atoms with Gasteiger partial charge in [-0.3, -0.25) is 9.89 Å². The summed E-state index contributed by atoms with van der Waals surface area (Å²) in [6.45, 7) is 18.4. The van der Waals surface area contributed by atoms with Gasteiger partial charge in [-0.1, -0.05) is 0 Å². The summed E-state index contributed by atoms with van der Waals surface area (Å²) in [4.78, 5) is 7.19. The van der Waals surface area contributed by atoms with Crippen molar-refractivity contribution in [2.45, 2.75) is 72.4 Å². The number of nitrogens with zero attached hydrogens (tertiary/aromatic N) is 2. The zero-order chi connectivity index (χ0) is 19.9. The van der Waals surface area contributed by atoms with Gasteiger partial charge in [0.05, 0.1) is 0 Å². The molecule has 1 heterocycles. The Morgan fingerprint density at radius 1 is 1.11 bits per heavy atom. The average Bonchev–Trinajstić information content (AvgIpc) is 2.64. The molecule has 0 bridgehead atoms. The van der Waals surface area contributed by atoms with Gasteiger partial charge < -0.3 is 20.1 Å². The van der Waals surface area contributed by atoms with Gasteiger partial charge in [0.25, 0.3) is 0 Å². The number of aliphatic imine (C=N–C) groups is 1. The molecular formula is C21H45IN4O2. The van der Waals surface area contributed by atoms with Gasteiger partial charge in [-0.05, 0) is 66.2 Å². The van der Waals surface area contributed by atoms with Crippen LogP contribution in [-0.4, -0.2) is 75.5 Å². The van der Waals surface area contributed by atoms with Crippen molar-refractivity contribution in [3.63, 3.8) is 0 Å². The molecule has 2 N–H and O–H groups in total. The number of hydrogen-bond donors (Lipinski definition) is 2. The molecule has 0 aromatic rings. The third-order valence-electron chi connectivity index (χ3n) is 4.97. The minimum absolute atomic E-state index is 0. The zero-order valence-corrected chi connectivity index (χ0v) is 21.2. The molecule has 0 spiro atoms. The maximum Gasteiger partial charge on any atom is 0.191 e. The predicted molar refractivity (Wildman–Crippen MR) is 130 cm³/mol. The lowest BCUT2D eigenvalue weighted by Crippen LogP contribution is -2.41. The molecule has 1 fully saturated rings. The minimum Gasteiger partial charge on any atom is -0.381 e. The fourth-order valence-corrected chi connectivity index (χ4v) is 3.44. The van der Waals surface area contributed by atoms with Crippen molar-refractivity contribution in [1.29, 1.82) is 0 Å². The molecule has 168 valence electrons. The molecule has 0 radical (unpaired) electrons. The van der Waals surface area contributed by atoms with E-state index in [-0.39, 0.29) is 24.0 Å². The summed E-state index contributed by atoms with van der Waals surface area (Å²) in [7, 11) is 0. The standard InChI is InChI=1S/C21H44N4O2.HI/c1-6-22-21(23-11-7-13-25(18(2)3)19(4)5)24-12-8-14-27-17-20-9-15-26-16-10-20;/h18-20H,6-17H2,1-5H3,(H2,22,23,24);1H. The van der Waals surface area contributed by atoms with E-state index in [9.17, 15) is 0 Å². The second kappa shape index (κ2) is 17.7. The smallest absolute Gasteiger partial charge is 0.191 e. The van der Waals surface area contributed by atoms with Crippen LogP contribution in [0.1, 0.15) is 60.3 Å². The minimum atomic E-state index is 0. The fourth-order valence-electron chi connectivity index (χ4n) is 3.44. The first kappa shape index (κ1) is 27.9. The van der Waals surface area contributed by atoms with Gasteiger partial charge in [-0.25, -0.2) is 0 Å². The van der Waals surface area contributed by atoms with Gasteiger partial charge in [-0.2, -0.15) is 0 Å². The van der Waals surface area contributed by atoms with Crippen molar-refractivity contribution >= 4 is 29.9 Å². The normalized spacial score (nSPS) is 15.9. The van der Waals surface area contributed by atoms with Crippen LogP contribution in [0.2, 0.25) is 0 Å². The summed E-state index contributed by atoms with van der Waals surface area (Å²) in [5.74, 6) is 1.60. The lowest BCUT2D eigenvalue weighted by atomic mass is 10.0. The first-order valence-electron chi connectivity index (χ1n) is 11.0. The molecule has 0 aromatic heterocycles. The van der Waals surface area contributed by atoms with Crippen LogP contribution in [0.15, 0.2) is 4.99 Å². The van der Waals surface area contributed by atoms with Crippen LogP contribution in [-0.2, 0) is 9.47 Å². The van der Waals surface area contributed by atoms with Crippen LogP contribution >= 0.6 is 24.0 Å². The monoisotopic (exact) mass is 512 g/mol. The van der Waals surface area contributed by atoms with E-state index >= 15 is 0 Å². The molecule has 1 rings (SSSR count). The summed E-state index contributed by atoms with van der Waals surface area (Å²) in [6, 6.07) is 1.18. The van der Waals surface area contributed by atoms with Crippen molar-refractivity contribution in [2.75, 3.05) is 52.6 Å². The predicted octanol–water partition coefficient (Wildman–Crippen LogP) is 3.50. The zero-order valence-electron chi connectivity index (χ0n) is 18.8. The molecule has 28 heavy (non-hydrogen) atoms. The lowest BCUT2D eigenvalue weighted by molar-refractivity contribution is 0.0205. The Hall–Kier alpha value is -0.120. The average molecular weight is 513 g/mol. The van der Waals surface area contributed by atoms with E-state index < -0.39 is 0 Å². The molecule has 0 atom stereocenters. The van der Waals surface area contributed by atoms with Crippen molar-refractivity contribution in [3.8, 4) is 0 Å². The molecule has 6 nitrogen and oxygen atoms in total. The number of rotatable bonds is 13. The quantitative estimate of drug-likeness (QED) is 0.171. The van der Waals surface area contributed by atoms with Crippen LogP contribution in [0.5, 0.6) is 0 Å². The number of nitrogens with one attached hydrogen (secondary N) is 2. The third kappa shape index (κ3) is 13.2. The van der Waals surface area contributed by atoms with E-state index in [1.54, 1.807) is 0 Å². The second-order valence-electron chi connectivity index (χ2n) is 7.95. The molecule has 0 unspecified atom stereocenters. The maximum absolute atomic E-state index is 5.81. The molecule has 0 saturated carbocycles. The Kier molecular flexibility index (Phi) is 17.6. The van der Waals surface area contributed by atoms with Crippen LogP contribution in [0, 0.1) is 5.92 Å². The van der Waals surface area contributed by atoms with Gasteiger partial charge in [0, 0.05) is 64.7 Å². The number of hydrogen-bond acceptors (Lipinski definition) is 4. The Bertz CT molecular complexity index is 381.